The number of aromatic nitrogens is 2. The molecule has 2 aromatic heterocycles. The lowest BCUT2D eigenvalue weighted by Gasteiger charge is -1.95. The molecule has 0 spiro atoms. The van der Waals surface area contributed by atoms with Gasteiger partial charge in [0.15, 0.2) is 0 Å². The highest BCUT2D eigenvalue weighted by molar-refractivity contribution is 7.17. The Morgan fingerprint density at radius 2 is 2.11 bits per heavy atom. The lowest BCUT2D eigenvalue weighted by atomic mass is 10.2. The maximum absolute atomic E-state index is 11.2. The quantitative estimate of drug-likeness (QED) is 0.898. The van der Waals surface area contributed by atoms with Crippen molar-refractivity contribution in [1.82, 2.24) is 9.97 Å². The number of pyridine rings is 1. The van der Waals surface area contributed by atoms with Gasteiger partial charge < -0.3 is 5.11 Å². The van der Waals surface area contributed by atoms with Gasteiger partial charge in [0, 0.05) is 18.0 Å². The summed E-state index contributed by atoms with van der Waals surface area (Å²) in [5.41, 5.74) is 1.61. The largest absolute Gasteiger partial charge is 0.477 e. The Labute approximate surface area is 109 Å². The summed E-state index contributed by atoms with van der Waals surface area (Å²) in [5.74, 6) is -0.890. The van der Waals surface area contributed by atoms with E-state index in [4.69, 9.17) is 0 Å². The summed E-state index contributed by atoms with van der Waals surface area (Å²) in [7, 11) is 0. The van der Waals surface area contributed by atoms with Crippen LogP contribution in [0.2, 0.25) is 0 Å². The fourth-order valence-electron chi connectivity index (χ4n) is 1.65. The van der Waals surface area contributed by atoms with Crippen molar-refractivity contribution in [2.24, 2.45) is 0 Å². The first-order valence-corrected chi connectivity index (χ1v) is 6.67. The number of hydrogen-bond donors (Lipinski definition) is 1. The number of rotatable bonds is 5. The van der Waals surface area contributed by atoms with Gasteiger partial charge in [-0.25, -0.2) is 9.78 Å². The van der Waals surface area contributed by atoms with Crippen LogP contribution in [0.5, 0.6) is 0 Å². The van der Waals surface area contributed by atoms with Crippen LogP contribution in [0.15, 0.2) is 24.5 Å². The Balaban J connectivity index is 2.36. The van der Waals surface area contributed by atoms with Gasteiger partial charge in [-0.05, 0) is 25.0 Å². The fraction of sp³-hybridized carbons (Fsp3) is 0.308. The predicted octanol–water partition coefficient (Wildman–Crippen LogP) is 3.25. The third-order valence-electron chi connectivity index (χ3n) is 2.59. The monoisotopic (exact) mass is 262 g/mol. The molecule has 0 fully saturated rings. The van der Waals surface area contributed by atoms with Crippen molar-refractivity contribution in [3.63, 3.8) is 0 Å². The van der Waals surface area contributed by atoms with Gasteiger partial charge in [0.2, 0.25) is 0 Å². The van der Waals surface area contributed by atoms with Crippen molar-refractivity contribution < 1.29 is 9.90 Å². The number of carbonyl (C=O) groups is 1. The van der Waals surface area contributed by atoms with E-state index in [0.29, 0.717) is 10.6 Å². The van der Waals surface area contributed by atoms with Crippen molar-refractivity contribution in [2.45, 2.75) is 26.2 Å². The molecular formula is C13H14N2O2S. The highest BCUT2D eigenvalue weighted by Gasteiger charge is 2.17. The number of thiazole rings is 1. The van der Waals surface area contributed by atoms with E-state index in [2.05, 4.69) is 16.9 Å². The Morgan fingerprint density at radius 1 is 1.39 bits per heavy atom. The molecule has 0 aliphatic rings. The first-order valence-electron chi connectivity index (χ1n) is 5.85. The molecule has 0 aliphatic carbocycles. The van der Waals surface area contributed by atoms with Crippen LogP contribution in [0.1, 0.15) is 35.1 Å². The normalized spacial score (nSPS) is 10.5. The standard InChI is InChI=1S/C13H14N2O2S/c1-2-3-4-10-11(13(16)17)18-12(15-10)9-5-7-14-8-6-9/h5-8H,2-4H2,1H3,(H,16,17). The van der Waals surface area contributed by atoms with Crippen LogP contribution in [0.4, 0.5) is 0 Å². The lowest BCUT2D eigenvalue weighted by molar-refractivity contribution is 0.0700. The van der Waals surface area contributed by atoms with Crippen LogP contribution < -0.4 is 0 Å². The molecule has 18 heavy (non-hydrogen) atoms. The van der Waals surface area contributed by atoms with E-state index >= 15 is 0 Å². The van der Waals surface area contributed by atoms with Crippen molar-refractivity contribution in [3.05, 3.63) is 35.1 Å². The molecule has 5 heteroatoms. The molecule has 2 aromatic rings. The zero-order chi connectivity index (χ0) is 13.0. The smallest absolute Gasteiger partial charge is 0.347 e. The van der Waals surface area contributed by atoms with E-state index in [9.17, 15) is 9.90 Å². The number of carboxylic acid groups (broad SMARTS) is 1. The number of nitrogens with zero attached hydrogens (tertiary/aromatic N) is 2. The van der Waals surface area contributed by atoms with Crippen LogP contribution in [-0.4, -0.2) is 21.0 Å². The summed E-state index contributed by atoms with van der Waals surface area (Å²) in [4.78, 5) is 19.9. The number of hydrogen-bond acceptors (Lipinski definition) is 4. The Kier molecular flexibility index (Phi) is 4.04. The molecule has 2 rings (SSSR count). The molecule has 0 atom stereocenters. The van der Waals surface area contributed by atoms with Gasteiger partial charge >= 0.3 is 5.97 Å². The van der Waals surface area contributed by atoms with Gasteiger partial charge in [-0.2, -0.15) is 0 Å². The maximum Gasteiger partial charge on any atom is 0.347 e. The Morgan fingerprint density at radius 3 is 2.72 bits per heavy atom. The van der Waals surface area contributed by atoms with Gasteiger partial charge in [-0.1, -0.05) is 13.3 Å². The number of aromatic carboxylic acids is 1. The Hall–Kier alpha value is -1.75. The third kappa shape index (κ3) is 2.73. The summed E-state index contributed by atoms with van der Waals surface area (Å²) in [5, 5.41) is 9.93. The van der Waals surface area contributed by atoms with E-state index in [-0.39, 0.29) is 0 Å². The second-order valence-electron chi connectivity index (χ2n) is 3.94. The molecule has 0 bridgehead atoms. The molecular weight excluding hydrogens is 248 g/mol. The van der Waals surface area contributed by atoms with Crippen LogP contribution in [0.3, 0.4) is 0 Å². The summed E-state index contributed by atoms with van der Waals surface area (Å²) in [6.07, 6.45) is 6.08. The summed E-state index contributed by atoms with van der Waals surface area (Å²) in [6, 6.07) is 3.68. The minimum atomic E-state index is -0.890. The lowest BCUT2D eigenvalue weighted by Crippen LogP contribution is -1.98. The SMILES string of the molecule is CCCCc1nc(-c2ccncc2)sc1C(=O)O. The number of aryl methyl sites for hydroxylation is 1. The molecule has 0 amide bonds. The highest BCUT2D eigenvalue weighted by atomic mass is 32.1. The van der Waals surface area contributed by atoms with E-state index < -0.39 is 5.97 Å². The zero-order valence-corrected chi connectivity index (χ0v) is 10.9. The van der Waals surface area contributed by atoms with Gasteiger partial charge in [-0.3, -0.25) is 4.98 Å². The average molecular weight is 262 g/mol. The molecule has 0 unspecified atom stereocenters. The highest BCUT2D eigenvalue weighted by Crippen LogP contribution is 2.28. The second kappa shape index (κ2) is 5.73. The summed E-state index contributed by atoms with van der Waals surface area (Å²) >= 11 is 1.23. The topological polar surface area (TPSA) is 63.1 Å². The van der Waals surface area contributed by atoms with Gasteiger partial charge in [0.05, 0.1) is 5.69 Å². The molecule has 1 N–H and O–H groups in total. The van der Waals surface area contributed by atoms with E-state index in [1.165, 1.54) is 11.3 Å². The maximum atomic E-state index is 11.2. The molecule has 0 saturated heterocycles. The van der Waals surface area contributed by atoms with Crippen LogP contribution in [-0.2, 0) is 6.42 Å². The van der Waals surface area contributed by atoms with Gasteiger partial charge in [0.25, 0.3) is 0 Å². The Bertz CT molecular complexity index is 537. The predicted molar refractivity (Wildman–Crippen MR) is 70.9 cm³/mol. The summed E-state index contributed by atoms with van der Waals surface area (Å²) < 4.78 is 0. The van der Waals surface area contributed by atoms with Crippen LogP contribution in [0.25, 0.3) is 10.6 Å². The van der Waals surface area contributed by atoms with Gasteiger partial charge in [0.1, 0.15) is 9.88 Å². The minimum Gasteiger partial charge on any atom is -0.477 e. The second-order valence-corrected chi connectivity index (χ2v) is 4.94. The molecule has 0 aromatic carbocycles. The summed E-state index contributed by atoms with van der Waals surface area (Å²) in [6.45, 7) is 2.08. The van der Waals surface area contributed by atoms with Crippen LogP contribution in [0, 0.1) is 0 Å². The van der Waals surface area contributed by atoms with E-state index in [1.807, 2.05) is 12.1 Å². The third-order valence-corrected chi connectivity index (χ3v) is 3.72. The van der Waals surface area contributed by atoms with Crippen molar-refractivity contribution >= 4 is 17.3 Å². The van der Waals surface area contributed by atoms with E-state index in [0.717, 1.165) is 29.8 Å². The first-order chi connectivity index (χ1) is 8.72. The van der Waals surface area contributed by atoms with Crippen molar-refractivity contribution in [1.29, 1.82) is 0 Å². The molecule has 2 heterocycles. The zero-order valence-electron chi connectivity index (χ0n) is 10.1. The van der Waals surface area contributed by atoms with Crippen molar-refractivity contribution in [2.75, 3.05) is 0 Å². The molecule has 0 radical (unpaired) electrons. The minimum absolute atomic E-state index is 0.357. The molecule has 94 valence electrons. The average Bonchev–Trinajstić information content (AvgIpc) is 2.81. The van der Waals surface area contributed by atoms with Crippen molar-refractivity contribution in [3.8, 4) is 10.6 Å². The van der Waals surface area contributed by atoms with Crippen LogP contribution >= 0.6 is 11.3 Å². The molecule has 0 aliphatic heterocycles. The van der Waals surface area contributed by atoms with Gasteiger partial charge in [-0.15, -0.1) is 11.3 Å². The number of carboxylic acids is 1. The van der Waals surface area contributed by atoms with E-state index in [1.54, 1.807) is 12.4 Å². The fourth-order valence-corrected chi connectivity index (χ4v) is 2.61. The first kappa shape index (κ1) is 12.7. The number of unbranched alkanes of at least 4 members (excludes halogenated alkanes) is 1. The molecule has 4 nitrogen and oxygen atoms in total. The molecule has 0 saturated carbocycles.